The summed E-state index contributed by atoms with van der Waals surface area (Å²) >= 11 is 0. The molecular formula is C14H14N2O3. The molecule has 0 atom stereocenters. The summed E-state index contributed by atoms with van der Waals surface area (Å²) in [5.41, 5.74) is 4.01. The Bertz CT molecular complexity index is 571. The van der Waals surface area contributed by atoms with Crippen molar-refractivity contribution in [2.45, 2.75) is 13.3 Å². The van der Waals surface area contributed by atoms with Crippen molar-refractivity contribution < 1.29 is 14.3 Å². The zero-order chi connectivity index (χ0) is 13.7. The summed E-state index contributed by atoms with van der Waals surface area (Å²) in [4.78, 5) is 11.7. The number of phenols is 1. The molecule has 1 heterocycles. The number of hydrogen-bond donors (Lipinski definition) is 2. The van der Waals surface area contributed by atoms with Gasteiger partial charge in [0.2, 0.25) is 0 Å². The lowest BCUT2D eigenvalue weighted by molar-refractivity contribution is 0.0927. The molecule has 0 spiro atoms. The number of hydrogen-bond acceptors (Lipinski definition) is 4. The number of aromatic hydroxyl groups is 1. The van der Waals surface area contributed by atoms with Gasteiger partial charge in [0, 0.05) is 0 Å². The maximum atomic E-state index is 11.7. The van der Waals surface area contributed by atoms with E-state index in [0.717, 1.165) is 11.3 Å². The minimum atomic E-state index is -0.394. The molecule has 19 heavy (non-hydrogen) atoms. The van der Waals surface area contributed by atoms with Gasteiger partial charge in [0.1, 0.15) is 5.75 Å². The van der Waals surface area contributed by atoms with Gasteiger partial charge in [-0.3, -0.25) is 4.79 Å². The number of carbonyl (C=O) groups excluding carboxylic acids is 1. The Morgan fingerprint density at radius 3 is 2.63 bits per heavy atom. The molecule has 5 nitrogen and oxygen atoms in total. The molecule has 0 saturated heterocycles. The number of benzene rings is 1. The zero-order valence-corrected chi connectivity index (χ0v) is 10.5. The molecule has 2 rings (SSSR count). The largest absolute Gasteiger partial charge is 0.508 e. The molecule has 1 aromatic heterocycles. The highest BCUT2D eigenvalue weighted by Crippen LogP contribution is 2.11. The summed E-state index contributed by atoms with van der Waals surface area (Å²) in [5.74, 6) is 0.0125. The Morgan fingerprint density at radius 2 is 2.05 bits per heavy atom. The van der Waals surface area contributed by atoms with E-state index < -0.39 is 5.91 Å². The molecule has 1 aromatic carbocycles. The van der Waals surface area contributed by atoms with Gasteiger partial charge in [0.05, 0.1) is 12.0 Å². The van der Waals surface area contributed by atoms with Crippen molar-refractivity contribution in [1.82, 2.24) is 5.43 Å². The Morgan fingerprint density at radius 1 is 1.32 bits per heavy atom. The third-order valence-corrected chi connectivity index (χ3v) is 2.57. The minimum Gasteiger partial charge on any atom is -0.508 e. The van der Waals surface area contributed by atoms with Crippen LogP contribution in [-0.2, 0) is 0 Å². The number of rotatable bonds is 4. The summed E-state index contributed by atoms with van der Waals surface area (Å²) < 4.78 is 4.97. The van der Waals surface area contributed by atoms with Crippen LogP contribution in [0.15, 0.2) is 52.2 Å². The van der Waals surface area contributed by atoms with E-state index in [1.807, 2.05) is 6.92 Å². The van der Waals surface area contributed by atoms with Gasteiger partial charge in [-0.15, -0.1) is 0 Å². The van der Waals surface area contributed by atoms with Crippen molar-refractivity contribution in [2.24, 2.45) is 5.10 Å². The van der Waals surface area contributed by atoms with Gasteiger partial charge in [0.25, 0.3) is 0 Å². The standard InChI is InChI=1S/C14H14N2O3/c1-2-12(10-5-7-11(17)8-6-10)15-16-14(18)13-4-3-9-19-13/h3-9,17H,2H2,1H3,(H,16,18)/b15-12-. The van der Waals surface area contributed by atoms with E-state index in [9.17, 15) is 9.90 Å². The van der Waals surface area contributed by atoms with Gasteiger partial charge in [0.15, 0.2) is 5.76 Å². The third-order valence-electron chi connectivity index (χ3n) is 2.57. The van der Waals surface area contributed by atoms with Gasteiger partial charge in [-0.2, -0.15) is 5.10 Å². The van der Waals surface area contributed by atoms with E-state index in [4.69, 9.17) is 4.42 Å². The SMILES string of the molecule is CC/C(=N/NC(=O)c1ccco1)c1ccc(O)cc1. The van der Waals surface area contributed by atoms with Gasteiger partial charge >= 0.3 is 5.91 Å². The quantitative estimate of drug-likeness (QED) is 0.653. The predicted octanol–water partition coefficient (Wildman–Crippen LogP) is 2.53. The Hall–Kier alpha value is -2.56. The highest BCUT2D eigenvalue weighted by Gasteiger charge is 2.08. The van der Waals surface area contributed by atoms with E-state index in [0.29, 0.717) is 6.42 Å². The molecule has 0 aliphatic carbocycles. The molecular weight excluding hydrogens is 244 g/mol. The lowest BCUT2D eigenvalue weighted by atomic mass is 10.1. The van der Waals surface area contributed by atoms with E-state index in [1.165, 1.54) is 6.26 Å². The zero-order valence-electron chi connectivity index (χ0n) is 10.5. The first kappa shape index (κ1) is 12.9. The number of nitrogens with zero attached hydrogens (tertiary/aromatic N) is 1. The maximum Gasteiger partial charge on any atom is 0.307 e. The predicted molar refractivity (Wildman–Crippen MR) is 71.1 cm³/mol. The van der Waals surface area contributed by atoms with Crippen molar-refractivity contribution in [1.29, 1.82) is 0 Å². The van der Waals surface area contributed by atoms with Gasteiger partial charge in [-0.1, -0.05) is 6.92 Å². The highest BCUT2D eigenvalue weighted by molar-refractivity contribution is 6.01. The van der Waals surface area contributed by atoms with E-state index in [2.05, 4.69) is 10.5 Å². The number of hydrazone groups is 1. The monoisotopic (exact) mass is 258 g/mol. The van der Waals surface area contributed by atoms with Crippen LogP contribution < -0.4 is 5.43 Å². The first-order chi connectivity index (χ1) is 9.20. The summed E-state index contributed by atoms with van der Waals surface area (Å²) in [6.07, 6.45) is 2.09. The summed E-state index contributed by atoms with van der Waals surface area (Å²) in [6.45, 7) is 1.94. The van der Waals surface area contributed by atoms with Crippen LogP contribution in [0.1, 0.15) is 29.5 Å². The molecule has 1 amide bonds. The lowest BCUT2D eigenvalue weighted by Gasteiger charge is -2.04. The van der Waals surface area contributed by atoms with Crippen LogP contribution in [0, 0.1) is 0 Å². The van der Waals surface area contributed by atoms with Crippen molar-refractivity contribution in [2.75, 3.05) is 0 Å². The van der Waals surface area contributed by atoms with Crippen LogP contribution in [0.4, 0.5) is 0 Å². The van der Waals surface area contributed by atoms with Crippen molar-refractivity contribution in [3.05, 3.63) is 54.0 Å². The number of furan rings is 1. The van der Waals surface area contributed by atoms with E-state index in [-0.39, 0.29) is 11.5 Å². The smallest absolute Gasteiger partial charge is 0.307 e. The summed E-state index contributed by atoms with van der Waals surface area (Å²) in [6, 6.07) is 9.85. The third kappa shape index (κ3) is 3.22. The van der Waals surface area contributed by atoms with Crippen molar-refractivity contribution in [3.8, 4) is 5.75 Å². The fourth-order valence-corrected chi connectivity index (χ4v) is 1.58. The molecule has 0 fully saturated rings. The Balaban J connectivity index is 2.11. The maximum absolute atomic E-state index is 11.7. The summed E-state index contributed by atoms with van der Waals surface area (Å²) in [7, 11) is 0. The number of phenolic OH excluding ortho intramolecular Hbond substituents is 1. The molecule has 0 bridgehead atoms. The number of carbonyl (C=O) groups is 1. The molecule has 0 unspecified atom stereocenters. The second-order valence-electron chi connectivity index (χ2n) is 3.88. The van der Waals surface area contributed by atoms with Gasteiger partial charge in [-0.05, 0) is 48.4 Å². The molecule has 0 aliphatic heterocycles. The fourth-order valence-electron chi connectivity index (χ4n) is 1.58. The number of amides is 1. The average molecular weight is 258 g/mol. The van der Waals surface area contributed by atoms with Crippen LogP contribution in [0.2, 0.25) is 0 Å². The van der Waals surface area contributed by atoms with Gasteiger partial charge in [-0.25, -0.2) is 5.43 Å². The normalized spacial score (nSPS) is 11.3. The van der Waals surface area contributed by atoms with Crippen molar-refractivity contribution >= 4 is 11.6 Å². The first-order valence-corrected chi connectivity index (χ1v) is 5.90. The molecule has 98 valence electrons. The van der Waals surface area contributed by atoms with E-state index in [1.54, 1.807) is 36.4 Å². The summed E-state index contributed by atoms with van der Waals surface area (Å²) in [5, 5.41) is 13.3. The number of nitrogens with one attached hydrogen (secondary N) is 1. The Labute approximate surface area is 110 Å². The second kappa shape index (κ2) is 5.86. The second-order valence-corrected chi connectivity index (χ2v) is 3.88. The fraction of sp³-hybridized carbons (Fsp3) is 0.143. The van der Waals surface area contributed by atoms with Gasteiger partial charge < -0.3 is 9.52 Å². The van der Waals surface area contributed by atoms with Crippen LogP contribution in [0.5, 0.6) is 5.75 Å². The Kier molecular flexibility index (Phi) is 3.97. The topological polar surface area (TPSA) is 74.8 Å². The molecule has 2 N–H and O–H groups in total. The molecule has 0 aliphatic rings. The van der Waals surface area contributed by atoms with Crippen LogP contribution in [-0.4, -0.2) is 16.7 Å². The average Bonchev–Trinajstić information content (AvgIpc) is 2.95. The molecule has 2 aromatic rings. The first-order valence-electron chi connectivity index (χ1n) is 5.90. The highest BCUT2D eigenvalue weighted by atomic mass is 16.3. The van der Waals surface area contributed by atoms with Crippen LogP contribution in [0.25, 0.3) is 0 Å². The van der Waals surface area contributed by atoms with Crippen LogP contribution in [0.3, 0.4) is 0 Å². The van der Waals surface area contributed by atoms with Crippen molar-refractivity contribution in [3.63, 3.8) is 0 Å². The minimum absolute atomic E-state index is 0.193. The van der Waals surface area contributed by atoms with E-state index >= 15 is 0 Å². The molecule has 5 heteroatoms. The lowest BCUT2D eigenvalue weighted by Crippen LogP contribution is -2.19. The molecule has 0 radical (unpaired) electrons. The molecule has 0 saturated carbocycles. The van der Waals surface area contributed by atoms with Crippen LogP contribution >= 0.6 is 0 Å².